The molecule has 1 N–H and O–H groups in total. The molecule has 1 unspecified atom stereocenters. The fraction of sp³-hybridized carbons (Fsp3) is 0.722. The van der Waals surface area contributed by atoms with Gasteiger partial charge < -0.3 is 19.5 Å². The molecule has 0 aliphatic carbocycles. The number of carbonyl (C=O) groups excluding carboxylic acids is 2. The molecule has 3 rings (SSSR count). The normalized spacial score (nSPS) is 20.4. The molecule has 1 atom stereocenters. The minimum Gasteiger partial charge on any atom is -0.378 e. The maximum Gasteiger partial charge on any atom is 0.271 e. The highest BCUT2D eigenvalue weighted by atomic mass is 16.5. The highest BCUT2D eigenvalue weighted by molar-refractivity contribution is 5.93. The van der Waals surface area contributed by atoms with E-state index in [0.29, 0.717) is 45.0 Å². The molecule has 0 spiro atoms. The molecule has 25 heavy (non-hydrogen) atoms. The van der Waals surface area contributed by atoms with Crippen molar-refractivity contribution in [3.05, 3.63) is 17.7 Å². The third-order valence-electron chi connectivity index (χ3n) is 5.30. The summed E-state index contributed by atoms with van der Waals surface area (Å²) in [6.07, 6.45) is 5.01. The van der Waals surface area contributed by atoms with Crippen LogP contribution < -0.4 is 5.32 Å². The number of morpholine rings is 1. The molecule has 0 aromatic carbocycles. The largest absolute Gasteiger partial charge is 0.378 e. The monoisotopic (exact) mass is 348 g/mol. The molecule has 138 valence electrons. The van der Waals surface area contributed by atoms with E-state index in [4.69, 9.17) is 4.74 Å². The van der Waals surface area contributed by atoms with E-state index in [1.807, 2.05) is 9.47 Å². The molecule has 3 heterocycles. The van der Waals surface area contributed by atoms with Crippen LogP contribution in [0.1, 0.15) is 49.3 Å². The summed E-state index contributed by atoms with van der Waals surface area (Å²) >= 11 is 0. The second kappa shape index (κ2) is 7.99. The quantitative estimate of drug-likeness (QED) is 0.868. The number of hydrogen-bond donors (Lipinski definition) is 1. The number of nitrogens with one attached hydrogen (secondary N) is 1. The summed E-state index contributed by atoms with van der Waals surface area (Å²) in [6.45, 7) is 7.34. The maximum atomic E-state index is 12.7. The molecule has 1 aromatic rings. The summed E-state index contributed by atoms with van der Waals surface area (Å²) in [5.74, 6) is 0.0702. The Morgan fingerprint density at radius 3 is 2.72 bits per heavy atom. The number of nitrogens with zero attached hydrogens (tertiary/aromatic N) is 3. The number of imidazole rings is 1. The van der Waals surface area contributed by atoms with E-state index in [2.05, 4.69) is 24.1 Å². The van der Waals surface area contributed by atoms with Crippen molar-refractivity contribution in [2.45, 2.75) is 52.1 Å². The van der Waals surface area contributed by atoms with Crippen molar-refractivity contribution >= 4 is 11.8 Å². The summed E-state index contributed by atoms with van der Waals surface area (Å²) in [6, 6.07) is 0.184. The van der Waals surface area contributed by atoms with E-state index in [9.17, 15) is 9.59 Å². The van der Waals surface area contributed by atoms with Gasteiger partial charge in [-0.25, -0.2) is 4.98 Å². The Labute approximate surface area is 148 Å². The number of aromatic nitrogens is 2. The van der Waals surface area contributed by atoms with Crippen LogP contribution >= 0.6 is 0 Å². The van der Waals surface area contributed by atoms with Crippen LogP contribution in [0.2, 0.25) is 0 Å². The van der Waals surface area contributed by atoms with E-state index >= 15 is 0 Å². The number of amides is 2. The highest BCUT2D eigenvalue weighted by Crippen LogP contribution is 2.24. The standard InChI is InChI=1S/C18H28N4O3/c1-3-14(4-2)20-17(23)16-15-6-5-13(11-22(15)12-19-16)18(24)21-7-9-25-10-8-21/h12-14H,3-11H2,1-2H3,(H,20,23). The van der Waals surface area contributed by atoms with E-state index in [-0.39, 0.29) is 23.8 Å². The lowest BCUT2D eigenvalue weighted by Crippen LogP contribution is -2.45. The van der Waals surface area contributed by atoms with Gasteiger partial charge in [-0.15, -0.1) is 0 Å². The van der Waals surface area contributed by atoms with Crippen LogP contribution in [0.3, 0.4) is 0 Å². The highest BCUT2D eigenvalue weighted by Gasteiger charge is 2.31. The van der Waals surface area contributed by atoms with Crippen LogP contribution in [0.4, 0.5) is 0 Å². The van der Waals surface area contributed by atoms with Crippen LogP contribution in [0.15, 0.2) is 6.33 Å². The predicted molar refractivity (Wildman–Crippen MR) is 93.3 cm³/mol. The van der Waals surface area contributed by atoms with Gasteiger partial charge in [0.1, 0.15) is 5.69 Å². The average molecular weight is 348 g/mol. The van der Waals surface area contributed by atoms with Crippen molar-refractivity contribution < 1.29 is 14.3 Å². The number of carbonyl (C=O) groups is 2. The zero-order chi connectivity index (χ0) is 17.8. The second-order valence-electron chi connectivity index (χ2n) is 6.85. The van der Waals surface area contributed by atoms with Crippen LogP contribution in [0, 0.1) is 5.92 Å². The summed E-state index contributed by atoms with van der Waals surface area (Å²) < 4.78 is 7.30. The third-order valence-corrected chi connectivity index (χ3v) is 5.30. The van der Waals surface area contributed by atoms with Crippen molar-refractivity contribution in [3.8, 4) is 0 Å². The Kier molecular flexibility index (Phi) is 5.73. The zero-order valence-corrected chi connectivity index (χ0v) is 15.2. The van der Waals surface area contributed by atoms with E-state index in [0.717, 1.165) is 25.0 Å². The minimum absolute atomic E-state index is 0.0326. The Morgan fingerprint density at radius 1 is 1.32 bits per heavy atom. The number of hydrogen-bond acceptors (Lipinski definition) is 4. The summed E-state index contributed by atoms with van der Waals surface area (Å²) in [7, 11) is 0. The van der Waals surface area contributed by atoms with Gasteiger partial charge in [-0.3, -0.25) is 9.59 Å². The van der Waals surface area contributed by atoms with E-state index < -0.39 is 0 Å². The van der Waals surface area contributed by atoms with Gasteiger partial charge >= 0.3 is 0 Å². The lowest BCUT2D eigenvalue weighted by molar-refractivity contribution is -0.140. The van der Waals surface area contributed by atoms with Gasteiger partial charge in [0.05, 0.1) is 31.2 Å². The lowest BCUT2D eigenvalue weighted by Gasteiger charge is -2.32. The smallest absolute Gasteiger partial charge is 0.271 e. The molecule has 2 amide bonds. The Balaban J connectivity index is 1.66. The SMILES string of the molecule is CCC(CC)NC(=O)c1ncn2c1CCC(C(=O)N1CCOCC1)C2. The van der Waals surface area contributed by atoms with Crippen molar-refractivity contribution in [3.63, 3.8) is 0 Å². The lowest BCUT2D eigenvalue weighted by atomic mass is 9.95. The van der Waals surface area contributed by atoms with Gasteiger partial charge in [0.15, 0.2) is 0 Å². The van der Waals surface area contributed by atoms with Gasteiger partial charge in [0.25, 0.3) is 5.91 Å². The van der Waals surface area contributed by atoms with Gasteiger partial charge in [-0.1, -0.05) is 13.8 Å². The molecule has 1 aromatic heterocycles. The van der Waals surface area contributed by atoms with E-state index in [1.54, 1.807) is 6.33 Å². The molecule has 0 radical (unpaired) electrons. The van der Waals surface area contributed by atoms with Crippen molar-refractivity contribution in [2.24, 2.45) is 5.92 Å². The zero-order valence-electron chi connectivity index (χ0n) is 15.2. The van der Waals surface area contributed by atoms with Crippen LogP contribution in [-0.2, 0) is 22.5 Å². The molecule has 1 saturated heterocycles. The Hall–Kier alpha value is -1.89. The number of ether oxygens (including phenoxy) is 1. The van der Waals surface area contributed by atoms with E-state index in [1.165, 1.54) is 0 Å². The number of rotatable bonds is 5. The first kappa shape index (κ1) is 17.9. The molecule has 2 aliphatic heterocycles. The van der Waals surface area contributed by atoms with Gasteiger partial charge in [-0.05, 0) is 25.7 Å². The van der Waals surface area contributed by atoms with Gasteiger partial charge in [0.2, 0.25) is 5.91 Å². The maximum absolute atomic E-state index is 12.7. The predicted octanol–water partition coefficient (Wildman–Crippen LogP) is 1.22. The van der Waals surface area contributed by atoms with Crippen molar-refractivity contribution in [2.75, 3.05) is 26.3 Å². The summed E-state index contributed by atoms with van der Waals surface area (Å²) in [5.41, 5.74) is 1.47. The molecule has 0 bridgehead atoms. The molecule has 7 nitrogen and oxygen atoms in total. The average Bonchev–Trinajstić information content (AvgIpc) is 3.09. The summed E-state index contributed by atoms with van der Waals surface area (Å²) in [4.78, 5) is 31.4. The second-order valence-corrected chi connectivity index (χ2v) is 6.85. The van der Waals surface area contributed by atoms with Crippen LogP contribution in [0.25, 0.3) is 0 Å². The molecular formula is C18H28N4O3. The van der Waals surface area contributed by atoms with Crippen molar-refractivity contribution in [1.82, 2.24) is 19.8 Å². The Morgan fingerprint density at radius 2 is 2.04 bits per heavy atom. The topological polar surface area (TPSA) is 76.5 Å². The first-order chi connectivity index (χ1) is 12.1. The third kappa shape index (κ3) is 3.86. The molecule has 0 saturated carbocycles. The molecule has 2 aliphatic rings. The first-order valence-corrected chi connectivity index (χ1v) is 9.35. The fourth-order valence-electron chi connectivity index (χ4n) is 3.65. The minimum atomic E-state index is -0.0968. The van der Waals surface area contributed by atoms with Crippen LogP contribution in [0.5, 0.6) is 0 Å². The molecular weight excluding hydrogens is 320 g/mol. The summed E-state index contributed by atoms with van der Waals surface area (Å²) in [5, 5.41) is 3.05. The fourth-order valence-corrected chi connectivity index (χ4v) is 3.65. The van der Waals surface area contributed by atoms with Gasteiger partial charge in [-0.2, -0.15) is 0 Å². The number of fused-ring (bicyclic) bond motifs is 1. The molecule has 1 fully saturated rings. The first-order valence-electron chi connectivity index (χ1n) is 9.35. The van der Waals surface area contributed by atoms with Crippen molar-refractivity contribution in [1.29, 1.82) is 0 Å². The molecule has 7 heteroatoms. The van der Waals surface area contributed by atoms with Crippen LogP contribution in [-0.4, -0.2) is 58.6 Å². The Bertz CT molecular complexity index is 618. The van der Waals surface area contributed by atoms with Gasteiger partial charge in [0, 0.05) is 25.7 Å².